The van der Waals surface area contributed by atoms with Gasteiger partial charge in [-0.05, 0) is 23.8 Å². The highest BCUT2D eigenvalue weighted by Crippen LogP contribution is 2.20. The number of hydrogen-bond donors (Lipinski definition) is 3. The van der Waals surface area contributed by atoms with Crippen molar-refractivity contribution in [1.82, 2.24) is 0 Å². The number of nitrogens with one attached hydrogen (secondary N) is 1. The largest absolute Gasteiger partial charge is 0.397 e. The zero-order valence-electron chi connectivity index (χ0n) is 9.89. The normalized spacial score (nSPS) is 10.0. The van der Waals surface area contributed by atoms with Crippen molar-refractivity contribution in [3.05, 3.63) is 59.7 Å². The average molecular weight is 241 g/mol. The zero-order chi connectivity index (χ0) is 13.0. The van der Waals surface area contributed by atoms with Crippen molar-refractivity contribution in [1.29, 1.82) is 0 Å². The van der Waals surface area contributed by atoms with Gasteiger partial charge in [0.25, 0.3) is 0 Å². The van der Waals surface area contributed by atoms with Crippen molar-refractivity contribution in [2.24, 2.45) is 5.73 Å². The fourth-order valence-corrected chi connectivity index (χ4v) is 1.67. The van der Waals surface area contributed by atoms with Crippen LogP contribution in [0.5, 0.6) is 0 Å². The van der Waals surface area contributed by atoms with E-state index < -0.39 is 5.91 Å². The molecule has 0 unspecified atom stereocenters. The monoisotopic (exact) mass is 241 g/mol. The summed E-state index contributed by atoms with van der Waals surface area (Å²) in [5.41, 5.74) is 13.9. The quantitative estimate of drug-likeness (QED) is 0.716. The second-order valence-electron chi connectivity index (χ2n) is 4.01. The maximum absolute atomic E-state index is 11.0. The Hall–Kier alpha value is -2.49. The van der Waals surface area contributed by atoms with Gasteiger partial charge in [-0.25, -0.2) is 0 Å². The van der Waals surface area contributed by atoms with Crippen LogP contribution in [0.25, 0.3) is 0 Å². The molecular weight excluding hydrogens is 226 g/mol. The number of carbonyl (C=O) groups excluding carboxylic acids is 1. The number of primary amides is 1. The summed E-state index contributed by atoms with van der Waals surface area (Å²) >= 11 is 0. The summed E-state index contributed by atoms with van der Waals surface area (Å²) in [5.74, 6) is -0.476. The molecule has 0 aliphatic heterocycles. The minimum absolute atomic E-state index is 0.415. The molecule has 4 nitrogen and oxygen atoms in total. The van der Waals surface area contributed by atoms with E-state index in [2.05, 4.69) is 5.32 Å². The summed E-state index contributed by atoms with van der Waals surface area (Å²) in [5, 5.41) is 3.22. The van der Waals surface area contributed by atoms with Crippen LogP contribution in [-0.4, -0.2) is 5.91 Å². The molecule has 0 fully saturated rings. The van der Waals surface area contributed by atoms with E-state index in [9.17, 15) is 4.79 Å². The second-order valence-corrected chi connectivity index (χ2v) is 4.01. The van der Waals surface area contributed by atoms with Crippen LogP contribution in [0.15, 0.2) is 48.5 Å². The molecule has 0 heterocycles. The Morgan fingerprint density at radius 3 is 2.44 bits per heavy atom. The van der Waals surface area contributed by atoms with Gasteiger partial charge >= 0.3 is 0 Å². The Morgan fingerprint density at radius 1 is 1.11 bits per heavy atom. The second kappa shape index (κ2) is 5.23. The lowest BCUT2D eigenvalue weighted by atomic mass is 10.1. The number of carbonyl (C=O) groups is 1. The van der Waals surface area contributed by atoms with Gasteiger partial charge in [-0.3, -0.25) is 4.79 Å². The van der Waals surface area contributed by atoms with Gasteiger partial charge in [0.2, 0.25) is 5.91 Å². The van der Waals surface area contributed by atoms with Crippen LogP contribution in [0.1, 0.15) is 15.9 Å². The Labute approximate surface area is 106 Å². The van der Waals surface area contributed by atoms with E-state index in [1.165, 1.54) is 0 Å². The highest BCUT2D eigenvalue weighted by molar-refractivity contribution is 5.94. The van der Waals surface area contributed by atoms with Crippen LogP contribution in [-0.2, 0) is 6.54 Å². The summed E-state index contributed by atoms with van der Waals surface area (Å²) < 4.78 is 0. The minimum Gasteiger partial charge on any atom is -0.397 e. The molecular formula is C14H15N3O. The van der Waals surface area contributed by atoms with E-state index in [4.69, 9.17) is 11.5 Å². The van der Waals surface area contributed by atoms with Crippen LogP contribution < -0.4 is 16.8 Å². The maximum Gasteiger partial charge on any atom is 0.248 e. The number of benzene rings is 2. The number of hydrogen-bond acceptors (Lipinski definition) is 3. The van der Waals surface area contributed by atoms with Crippen molar-refractivity contribution >= 4 is 17.3 Å². The van der Waals surface area contributed by atoms with Gasteiger partial charge in [0.15, 0.2) is 0 Å². The summed E-state index contributed by atoms with van der Waals surface area (Å²) in [6.07, 6.45) is 0. The molecule has 0 saturated heterocycles. The van der Waals surface area contributed by atoms with Crippen LogP contribution in [0.4, 0.5) is 11.4 Å². The third-order valence-electron chi connectivity index (χ3n) is 2.66. The summed E-state index contributed by atoms with van der Waals surface area (Å²) in [6.45, 7) is 0.682. The number of rotatable bonds is 4. The first-order chi connectivity index (χ1) is 8.66. The summed E-state index contributed by atoms with van der Waals surface area (Å²) in [6, 6.07) is 15.0. The molecule has 0 spiro atoms. The number of nitrogens with two attached hydrogens (primary N) is 2. The molecule has 2 aromatic rings. The molecule has 5 N–H and O–H groups in total. The molecule has 0 radical (unpaired) electrons. The SMILES string of the molecule is NC(=O)c1ccc(NCc2ccccc2)c(N)c1. The predicted octanol–water partition coefficient (Wildman–Crippen LogP) is 1.98. The van der Waals surface area contributed by atoms with Crippen molar-refractivity contribution < 1.29 is 4.79 Å². The smallest absolute Gasteiger partial charge is 0.248 e. The molecule has 0 aliphatic carbocycles. The first-order valence-electron chi connectivity index (χ1n) is 5.64. The lowest BCUT2D eigenvalue weighted by Crippen LogP contribution is -2.12. The topological polar surface area (TPSA) is 81.1 Å². The molecule has 18 heavy (non-hydrogen) atoms. The van der Waals surface area contributed by atoms with Gasteiger partial charge in [-0.15, -0.1) is 0 Å². The lowest BCUT2D eigenvalue weighted by Gasteiger charge is -2.10. The maximum atomic E-state index is 11.0. The van der Waals surface area contributed by atoms with E-state index >= 15 is 0 Å². The Bertz CT molecular complexity index is 552. The minimum atomic E-state index is -0.476. The summed E-state index contributed by atoms with van der Waals surface area (Å²) in [4.78, 5) is 11.0. The molecule has 4 heteroatoms. The lowest BCUT2D eigenvalue weighted by molar-refractivity contribution is 0.100. The van der Waals surface area contributed by atoms with Crippen LogP contribution in [0.2, 0.25) is 0 Å². The van der Waals surface area contributed by atoms with E-state index in [-0.39, 0.29) is 0 Å². The number of nitrogen functional groups attached to an aromatic ring is 1. The van der Waals surface area contributed by atoms with Gasteiger partial charge in [-0.1, -0.05) is 30.3 Å². The highest BCUT2D eigenvalue weighted by Gasteiger charge is 2.04. The fourth-order valence-electron chi connectivity index (χ4n) is 1.67. The van der Waals surface area contributed by atoms with Gasteiger partial charge in [0, 0.05) is 12.1 Å². The third kappa shape index (κ3) is 2.79. The van der Waals surface area contributed by atoms with Crippen molar-refractivity contribution in [3.8, 4) is 0 Å². The first kappa shape index (κ1) is 12.0. The molecule has 0 atom stereocenters. The summed E-state index contributed by atoms with van der Waals surface area (Å²) in [7, 11) is 0. The molecule has 0 aromatic heterocycles. The molecule has 0 saturated carbocycles. The molecule has 2 rings (SSSR count). The Kier molecular flexibility index (Phi) is 3.48. The van der Waals surface area contributed by atoms with Gasteiger partial charge < -0.3 is 16.8 Å². The van der Waals surface area contributed by atoms with E-state index in [1.54, 1.807) is 18.2 Å². The van der Waals surface area contributed by atoms with Crippen LogP contribution in [0.3, 0.4) is 0 Å². The van der Waals surface area contributed by atoms with Gasteiger partial charge in [0.05, 0.1) is 11.4 Å². The van der Waals surface area contributed by atoms with E-state index in [0.717, 1.165) is 11.3 Å². The van der Waals surface area contributed by atoms with Crippen molar-refractivity contribution in [2.75, 3.05) is 11.1 Å². The highest BCUT2D eigenvalue weighted by atomic mass is 16.1. The zero-order valence-corrected chi connectivity index (χ0v) is 9.89. The third-order valence-corrected chi connectivity index (χ3v) is 2.66. The fraction of sp³-hybridized carbons (Fsp3) is 0.0714. The average Bonchev–Trinajstić information content (AvgIpc) is 2.38. The van der Waals surface area contributed by atoms with Crippen LogP contribution in [0, 0.1) is 0 Å². The van der Waals surface area contributed by atoms with Crippen molar-refractivity contribution in [3.63, 3.8) is 0 Å². The molecule has 2 aromatic carbocycles. The standard InChI is InChI=1S/C14H15N3O/c15-12-8-11(14(16)18)6-7-13(12)17-9-10-4-2-1-3-5-10/h1-8,17H,9,15H2,(H2,16,18). The number of amides is 1. The molecule has 0 bridgehead atoms. The van der Waals surface area contributed by atoms with Gasteiger partial charge in [0.1, 0.15) is 0 Å². The first-order valence-corrected chi connectivity index (χ1v) is 5.64. The Morgan fingerprint density at radius 2 is 1.83 bits per heavy atom. The van der Waals surface area contributed by atoms with Crippen LogP contribution >= 0.6 is 0 Å². The Balaban J connectivity index is 2.08. The van der Waals surface area contributed by atoms with E-state index in [1.807, 2.05) is 30.3 Å². The van der Waals surface area contributed by atoms with Gasteiger partial charge in [-0.2, -0.15) is 0 Å². The molecule has 0 aliphatic rings. The molecule has 92 valence electrons. The molecule has 1 amide bonds. The van der Waals surface area contributed by atoms with Crippen molar-refractivity contribution in [2.45, 2.75) is 6.54 Å². The predicted molar refractivity (Wildman–Crippen MR) is 73.1 cm³/mol. The number of anilines is 2. The van der Waals surface area contributed by atoms with E-state index in [0.29, 0.717) is 17.8 Å².